The van der Waals surface area contributed by atoms with Crippen LogP contribution in [0.2, 0.25) is 0 Å². The lowest BCUT2D eigenvalue weighted by Gasteiger charge is -1.92. The largest absolute Gasteiger partial charge is 0.346 e. The Hall–Kier alpha value is -1.51. The maximum atomic E-state index is 11.2. The van der Waals surface area contributed by atoms with Gasteiger partial charge in [-0.05, 0) is 18.6 Å². The number of nitrogens with one attached hydrogen (secondary N) is 1. The molecule has 0 aliphatic heterocycles. The molecule has 2 heterocycles. The van der Waals surface area contributed by atoms with Gasteiger partial charge in [0.05, 0.1) is 0 Å². The van der Waals surface area contributed by atoms with Crippen LogP contribution >= 0.6 is 0 Å². The van der Waals surface area contributed by atoms with Crippen molar-refractivity contribution in [3.8, 4) is 0 Å². The average Bonchev–Trinajstić information content (AvgIpc) is 2.34. The Morgan fingerprint density at radius 1 is 1.45 bits per heavy atom. The van der Waals surface area contributed by atoms with Gasteiger partial charge in [0.2, 0.25) is 0 Å². The Bertz CT molecular complexity index is 439. The van der Waals surface area contributed by atoms with Gasteiger partial charge in [0.1, 0.15) is 5.65 Å². The smallest absolute Gasteiger partial charge is 0.256 e. The molecule has 2 aromatic heterocycles. The predicted molar refractivity (Wildman–Crippen MR) is 42.8 cm³/mol. The zero-order valence-electron chi connectivity index (χ0n) is 6.16. The number of nitrogens with zero attached hydrogens (tertiary/aromatic N) is 1. The molecule has 11 heavy (non-hydrogen) atoms. The summed E-state index contributed by atoms with van der Waals surface area (Å²) in [5.74, 6) is 0. The summed E-state index contributed by atoms with van der Waals surface area (Å²) in [7, 11) is 0. The summed E-state index contributed by atoms with van der Waals surface area (Å²) in [6.45, 7) is 1.90. The van der Waals surface area contributed by atoms with Crippen LogP contribution in [0.15, 0.2) is 29.3 Å². The lowest BCUT2D eigenvalue weighted by molar-refractivity contribution is 1.10. The molecule has 0 bridgehead atoms. The summed E-state index contributed by atoms with van der Waals surface area (Å²) >= 11 is 0. The Morgan fingerprint density at radius 3 is 3.09 bits per heavy atom. The van der Waals surface area contributed by atoms with Gasteiger partial charge in [-0.1, -0.05) is 0 Å². The van der Waals surface area contributed by atoms with E-state index in [1.54, 1.807) is 22.9 Å². The Labute approximate surface area is 63.3 Å². The monoisotopic (exact) mass is 148 g/mol. The summed E-state index contributed by atoms with van der Waals surface area (Å²) in [6, 6.07) is 3.54. The molecular formula is C8H8N2O. The van der Waals surface area contributed by atoms with Crippen molar-refractivity contribution in [2.24, 2.45) is 0 Å². The summed E-state index contributed by atoms with van der Waals surface area (Å²) in [4.78, 5) is 14.2. The minimum absolute atomic E-state index is 0.0150. The summed E-state index contributed by atoms with van der Waals surface area (Å²) < 4.78 is 1.58. The SMILES string of the molecule is Cc1cc(=O)n2cc[nH]c2c1. The van der Waals surface area contributed by atoms with Gasteiger partial charge in [-0.2, -0.15) is 0 Å². The Balaban J connectivity index is 3.02. The zero-order valence-corrected chi connectivity index (χ0v) is 6.16. The molecule has 0 spiro atoms. The second kappa shape index (κ2) is 1.99. The van der Waals surface area contributed by atoms with Crippen LogP contribution < -0.4 is 5.56 Å². The van der Waals surface area contributed by atoms with Crippen LogP contribution in [-0.4, -0.2) is 9.38 Å². The van der Waals surface area contributed by atoms with Crippen molar-refractivity contribution in [3.05, 3.63) is 40.4 Å². The highest BCUT2D eigenvalue weighted by molar-refractivity contribution is 5.40. The number of pyridine rings is 1. The number of H-pyrrole nitrogens is 1. The van der Waals surface area contributed by atoms with E-state index in [0.29, 0.717) is 0 Å². The van der Waals surface area contributed by atoms with Crippen LogP contribution in [0.3, 0.4) is 0 Å². The maximum absolute atomic E-state index is 11.2. The van der Waals surface area contributed by atoms with E-state index in [4.69, 9.17) is 0 Å². The van der Waals surface area contributed by atoms with Crippen molar-refractivity contribution in [2.45, 2.75) is 6.92 Å². The highest BCUT2D eigenvalue weighted by Gasteiger charge is 1.95. The molecule has 3 nitrogen and oxygen atoms in total. The first-order valence-corrected chi connectivity index (χ1v) is 3.44. The molecule has 0 unspecified atom stereocenters. The van der Waals surface area contributed by atoms with E-state index in [1.807, 2.05) is 13.0 Å². The molecule has 0 amide bonds. The molecule has 0 aliphatic carbocycles. The van der Waals surface area contributed by atoms with Crippen LogP contribution in [0.1, 0.15) is 5.56 Å². The van der Waals surface area contributed by atoms with E-state index < -0.39 is 0 Å². The normalized spacial score (nSPS) is 10.6. The highest BCUT2D eigenvalue weighted by atomic mass is 16.1. The summed E-state index contributed by atoms with van der Waals surface area (Å²) in [5.41, 5.74) is 1.84. The van der Waals surface area contributed by atoms with Crippen LogP contribution in [0.4, 0.5) is 0 Å². The van der Waals surface area contributed by atoms with Crippen molar-refractivity contribution < 1.29 is 0 Å². The van der Waals surface area contributed by atoms with Crippen LogP contribution in [0, 0.1) is 6.92 Å². The second-order valence-electron chi connectivity index (χ2n) is 2.59. The molecule has 2 aromatic rings. The Morgan fingerprint density at radius 2 is 2.27 bits per heavy atom. The van der Waals surface area contributed by atoms with E-state index in [-0.39, 0.29) is 5.56 Å². The van der Waals surface area contributed by atoms with E-state index in [0.717, 1.165) is 11.2 Å². The second-order valence-corrected chi connectivity index (χ2v) is 2.59. The minimum atomic E-state index is 0.0150. The molecule has 0 aliphatic rings. The number of hydrogen-bond acceptors (Lipinski definition) is 1. The van der Waals surface area contributed by atoms with Gasteiger partial charge in [-0.15, -0.1) is 0 Å². The molecule has 3 heteroatoms. The number of aryl methyl sites for hydroxylation is 1. The third kappa shape index (κ3) is 0.852. The molecule has 0 aromatic carbocycles. The van der Waals surface area contributed by atoms with Crippen molar-refractivity contribution in [1.82, 2.24) is 9.38 Å². The fourth-order valence-corrected chi connectivity index (χ4v) is 1.17. The highest BCUT2D eigenvalue weighted by Crippen LogP contribution is 1.98. The number of aromatic amines is 1. The zero-order chi connectivity index (χ0) is 7.84. The van der Waals surface area contributed by atoms with E-state index in [1.165, 1.54) is 0 Å². The maximum Gasteiger partial charge on any atom is 0.256 e. The van der Waals surface area contributed by atoms with Crippen molar-refractivity contribution in [2.75, 3.05) is 0 Å². The van der Waals surface area contributed by atoms with E-state index in [9.17, 15) is 4.79 Å². The van der Waals surface area contributed by atoms with Gasteiger partial charge in [-0.25, -0.2) is 0 Å². The van der Waals surface area contributed by atoms with Gasteiger partial charge in [0.25, 0.3) is 5.56 Å². The van der Waals surface area contributed by atoms with Crippen molar-refractivity contribution in [1.29, 1.82) is 0 Å². The summed E-state index contributed by atoms with van der Waals surface area (Å²) in [6.07, 6.45) is 3.47. The number of rotatable bonds is 0. The average molecular weight is 148 g/mol. The number of hydrogen-bond donors (Lipinski definition) is 1. The lowest BCUT2D eigenvalue weighted by Crippen LogP contribution is -2.09. The van der Waals surface area contributed by atoms with Gasteiger partial charge in [0.15, 0.2) is 0 Å². The fraction of sp³-hybridized carbons (Fsp3) is 0.125. The number of imidazole rings is 1. The van der Waals surface area contributed by atoms with Gasteiger partial charge < -0.3 is 4.98 Å². The molecule has 0 fully saturated rings. The minimum Gasteiger partial charge on any atom is -0.346 e. The predicted octanol–water partition coefficient (Wildman–Crippen LogP) is 0.936. The molecule has 0 radical (unpaired) electrons. The van der Waals surface area contributed by atoms with E-state index >= 15 is 0 Å². The Kier molecular flexibility index (Phi) is 1.12. The van der Waals surface area contributed by atoms with Crippen molar-refractivity contribution in [3.63, 3.8) is 0 Å². The van der Waals surface area contributed by atoms with Crippen LogP contribution in [0.25, 0.3) is 5.65 Å². The number of aromatic nitrogens is 2. The molecule has 0 saturated carbocycles. The van der Waals surface area contributed by atoms with E-state index in [2.05, 4.69) is 4.98 Å². The lowest BCUT2D eigenvalue weighted by atomic mass is 10.3. The molecule has 0 atom stereocenters. The molecule has 0 saturated heterocycles. The molecule has 1 N–H and O–H groups in total. The molecular weight excluding hydrogens is 140 g/mol. The summed E-state index contributed by atoms with van der Waals surface area (Å²) in [5, 5.41) is 0. The third-order valence-corrected chi connectivity index (χ3v) is 1.67. The third-order valence-electron chi connectivity index (χ3n) is 1.67. The first-order valence-electron chi connectivity index (χ1n) is 3.44. The molecule has 2 rings (SSSR count). The van der Waals surface area contributed by atoms with Gasteiger partial charge >= 0.3 is 0 Å². The first-order chi connectivity index (χ1) is 5.27. The number of fused-ring (bicyclic) bond motifs is 1. The first kappa shape index (κ1) is 6.22. The van der Waals surface area contributed by atoms with Crippen LogP contribution in [0.5, 0.6) is 0 Å². The molecule has 56 valence electrons. The van der Waals surface area contributed by atoms with Crippen molar-refractivity contribution >= 4 is 5.65 Å². The topological polar surface area (TPSA) is 37.3 Å². The standard InChI is InChI=1S/C8H8N2O/c1-6-4-7-9-2-3-10(7)8(11)5-6/h2-5,9H,1H3. The van der Waals surface area contributed by atoms with Gasteiger partial charge in [0, 0.05) is 18.5 Å². The van der Waals surface area contributed by atoms with Gasteiger partial charge in [-0.3, -0.25) is 9.20 Å². The van der Waals surface area contributed by atoms with Crippen LogP contribution in [-0.2, 0) is 0 Å². The quantitative estimate of drug-likeness (QED) is 0.593. The fourth-order valence-electron chi connectivity index (χ4n) is 1.17.